The van der Waals surface area contributed by atoms with E-state index in [1.54, 1.807) is 11.0 Å². The molecule has 0 saturated carbocycles. The van der Waals surface area contributed by atoms with Crippen LogP contribution in [0.15, 0.2) is 47.4 Å². The van der Waals surface area contributed by atoms with E-state index in [2.05, 4.69) is 10.0 Å². The van der Waals surface area contributed by atoms with E-state index in [-0.39, 0.29) is 29.7 Å². The molecule has 1 fully saturated rings. The number of carbonyl (C=O) groups excluding carboxylic acids is 2. The highest BCUT2D eigenvalue weighted by molar-refractivity contribution is 7.89. The van der Waals surface area contributed by atoms with Gasteiger partial charge < -0.3 is 10.2 Å². The van der Waals surface area contributed by atoms with Crippen molar-refractivity contribution in [2.45, 2.75) is 31.6 Å². The lowest BCUT2D eigenvalue weighted by atomic mass is 10.1. The molecule has 7 nitrogen and oxygen atoms in total. The Morgan fingerprint density at radius 3 is 2.53 bits per heavy atom. The van der Waals surface area contributed by atoms with Crippen molar-refractivity contribution < 1.29 is 18.0 Å². The van der Waals surface area contributed by atoms with Crippen molar-refractivity contribution in [1.82, 2.24) is 4.72 Å². The van der Waals surface area contributed by atoms with Crippen LogP contribution in [0.1, 0.15) is 25.3 Å². The zero-order valence-electron chi connectivity index (χ0n) is 16.8. The van der Waals surface area contributed by atoms with Crippen LogP contribution in [0.25, 0.3) is 0 Å². The summed E-state index contributed by atoms with van der Waals surface area (Å²) < 4.78 is 26.8. The van der Waals surface area contributed by atoms with Crippen molar-refractivity contribution in [2.24, 2.45) is 5.92 Å². The van der Waals surface area contributed by atoms with Crippen LogP contribution < -0.4 is 14.9 Å². The van der Waals surface area contributed by atoms with E-state index in [1.807, 2.05) is 26.0 Å². The molecule has 30 heavy (non-hydrogen) atoms. The summed E-state index contributed by atoms with van der Waals surface area (Å²) in [5.74, 6) is -0.936. The van der Waals surface area contributed by atoms with Crippen LogP contribution in [0.4, 0.5) is 11.4 Å². The zero-order chi connectivity index (χ0) is 21.9. The molecule has 1 aliphatic heterocycles. The highest BCUT2D eigenvalue weighted by Crippen LogP contribution is 2.29. The van der Waals surface area contributed by atoms with Crippen molar-refractivity contribution >= 4 is 44.8 Å². The van der Waals surface area contributed by atoms with E-state index in [9.17, 15) is 18.0 Å². The number of hydrogen-bond acceptors (Lipinski definition) is 4. The maximum atomic E-state index is 12.6. The van der Waals surface area contributed by atoms with E-state index in [0.717, 1.165) is 5.56 Å². The largest absolute Gasteiger partial charge is 0.326 e. The Bertz CT molecular complexity index is 1050. The van der Waals surface area contributed by atoms with E-state index >= 15 is 0 Å². The minimum absolute atomic E-state index is 0.102. The van der Waals surface area contributed by atoms with Crippen LogP contribution in [0.3, 0.4) is 0 Å². The lowest BCUT2D eigenvalue weighted by Gasteiger charge is -2.17. The van der Waals surface area contributed by atoms with Gasteiger partial charge in [0.05, 0.1) is 10.8 Å². The quantitative estimate of drug-likeness (QED) is 0.677. The Morgan fingerprint density at radius 1 is 1.20 bits per heavy atom. The molecule has 2 amide bonds. The SMILES string of the molecule is CCCNS(=O)(=O)c1ccc(NC(=O)[C@H]2CC(=O)N(c3ccc(C)c(Cl)c3)C2)cc1. The molecular weight excluding hydrogens is 426 g/mol. The first-order chi connectivity index (χ1) is 14.2. The first kappa shape index (κ1) is 22.3. The number of nitrogens with zero attached hydrogens (tertiary/aromatic N) is 1. The minimum atomic E-state index is -3.56. The normalized spacial score (nSPS) is 16.7. The molecule has 1 aliphatic rings. The third-order valence-electron chi connectivity index (χ3n) is 4.94. The summed E-state index contributed by atoms with van der Waals surface area (Å²) in [6, 6.07) is 11.3. The summed E-state index contributed by atoms with van der Waals surface area (Å²) in [7, 11) is -3.56. The fraction of sp³-hybridized carbons (Fsp3) is 0.333. The number of anilines is 2. The number of aryl methyl sites for hydroxylation is 1. The second-order valence-corrected chi connectivity index (χ2v) is 9.42. The van der Waals surface area contributed by atoms with Gasteiger partial charge in [-0.2, -0.15) is 0 Å². The Balaban J connectivity index is 1.65. The maximum Gasteiger partial charge on any atom is 0.240 e. The lowest BCUT2D eigenvalue weighted by molar-refractivity contribution is -0.122. The van der Waals surface area contributed by atoms with Gasteiger partial charge in [-0.1, -0.05) is 24.6 Å². The average molecular weight is 450 g/mol. The topological polar surface area (TPSA) is 95.6 Å². The van der Waals surface area contributed by atoms with Crippen molar-refractivity contribution in [3.8, 4) is 0 Å². The molecule has 0 unspecified atom stereocenters. The summed E-state index contributed by atoms with van der Waals surface area (Å²) in [4.78, 5) is 26.7. The van der Waals surface area contributed by atoms with Gasteiger partial charge in [0.15, 0.2) is 0 Å². The van der Waals surface area contributed by atoms with Gasteiger partial charge in [0, 0.05) is 35.9 Å². The number of rotatable bonds is 7. The first-order valence-corrected chi connectivity index (χ1v) is 11.5. The molecule has 1 heterocycles. The van der Waals surface area contributed by atoms with Gasteiger partial charge in [0.25, 0.3) is 0 Å². The lowest BCUT2D eigenvalue weighted by Crippen LogP contribution is -2.28. The average Bonchev–Trinajstić information content (AvgIpc) is 3.11. The van der Waals surface area contributed by atoms with Gasteiger partial charge in [-0.15, -0.1) is 0 Å². The first-order valence-electron chi connectivity index (χ1n) is 9.68. The molecule has 2 aromatic carbocycles. The Hall–Kier alpha value is -2.42. The summed E-state index contributed by atoms with van der Waals surface area (Å²) in [6.07, 6.45) is 0.796. The minimum Gasteiger partial charge on any atom is -0.326 e. The number of halogens is 1. The summed E-state index contributed by atoms with van der Waals surface area (Å²) >= 11 is 6.15. The number of nitrogens with one attached hydrogen (secondary N) is 2. The monoisotopic (exact) mass is 449 g/mol. The predicted octanol–water partition coefficient (Wildman–Crippen LogP) is 3.33. The van der Waals surface area contributed by atoms with Crippen molar-refractivity contribution in [1.29, 1.82) is 0 Å². The standard InChI is InChI=1S/C21H24ClN3O4S/c1-3-10-23-30(28,29)18-8-5-16(6-9-18)24-21(27)15-11-20(26)25(13-15)17-7-4-14(2)19(22)12-17/h4-9,12,15,23H,3,10-11,13H2,1-2H3,(H,24,27)/t15-/m0/s1. The maximum absolute atomic E-state index is 12.6. The highest BCUT2D eigenvalue weighted by Gasteiger charge is 2.35. The molecular formula is C21H24ClN3O4S. The molecule has 0 spiro atoms. The molecule has 2 N–H and O–H groups in total. The third kappa shape index (κ3) is 5.00. The molecule has 160 valence electrons. The third-order valence-corrected chi connectivity index (χ3v) is 6.82. The van der Waals surface area contributed by atoms with Gasteiger partial charge in [-0.25, -0.2) is 13.1 Å². The number of sulfonamides is 1. The molecule has 2 aromatic rings. The summed E-state index contributed by atoms with van der Waals surface area (Å²) in [5.41, 5.74) is 2.05. The number of carbonyl (C=O) groups is 2. The van der Waals surface area contributed by atoms with Crippen LogP contribution in [0.5, 0.6) is 0 Å². The van der Waals surface area contributed by atoms with Crippen molar-refractivity contribution in [3.05, 3.63) is 53.1 Å². The second kappa shape index (κ2) is 9.16. The van der Waals surface area contributed by atoms with Gasteiger partial charge in [-0.3, -0.25) is 9.59 Å². The van der Waals surface area contributed by atoms with E-state index in [4.69, 9.17) is 11.6 Å². The van der Waals surface area contributed by atoms with Gasteiger partial charge in [0.2, 0.25) is 21.8 Å². The van der Waals surface area contributed by atoms with Crippen LogP contribution in [-0.2, 0) is 19.6 Å². The fourth-order valence-corrected chi connectivity index (χ4v) is 4.47. The zero-order valence-corrected chi connectivity index (χ0v) is 18.4. The Morgan fingerprint density at radius 2 is 1.90 bits per heavy atom. The van der Waals surface area contributed by atoms with Gasteiger partial charge >= 0.3 is 0 Å². The van der Waals surface area contributed by atoms with E-state index in [1.165, 1.54) is 24.3 Å². The van der Waals surface area contributed by atoms with E-state index in [0.29, 0.717) is 29.4 Å². The molecule has 3 rings (SSSR count). The molecule has 1 saturated heterocycles. The molecule has 9 heteroatoms. The van der Waals surface area contributed by atoms with Crippen molar-refractivity contribution in [2.75, 3.05) is 23.3 Å². The highest BCUT2D eigenvalue weighted by atomic mass is 35.5. The van der Waals surface area contributed by atoms with Crippen LogP contribution >= 0.6 is 11.6 Å². The predicted molar refractivity (Wildman–Crippen MR) is 117 cm³/mol. The number of amides is 2. The molecule has 0 aliphatic carbocycles. The van der Waals surface area contributed by atoms with Gasteiger partial charge in [-0.05, 0) is 55.3 Å². The number of benzene rings is 2. The van der Waals surface area contributed by atoms with Crippen LogP contribution in [-0.4, -0.2) is 33.3 Å². The van der Waals surface area contributed by atoms with E-state index < -0.39 is 15.9 Å². The van der Waals surface area contributed by atoms with Crippen LogP contribution in [0, 0.1) is 12.8 Å². The van der Waals surface area contributed by atoms with Crippen molar-refractivity contribution in [3.63, 3.8) is 0 Å². The summed E-state index contributed by atoms with van der Waals surface area (Å²) in [5, 5.41) is 3.33. The molecule has 1 atom stereocenters. The second-order valence-electron chi connectivity index (χ2n) is 7.25. The molecule has 0 aromatic heterocycles. The Kier molecular flexibility index (Phi) is 6.80. The van der Waals surface area contributed by atoms with Gasteiger partial charge in [0.1, 0.15) is 0 Å². The Labute approximate surface area is 181 Å². The fourth-order valence-electron chi connectivity index (χ4n) is 3.16. The number of hydrogen-bond donors (Lipinski definition) is 2. The smallest absolute Gasteiger partial charge is 0.240 e. The summed E-state index contributed by atoms with van der Waals surface area (Å²) in [6.45, 7) is 4.38. The molecule has 0 radical (unpaired) electrons. The molecule has 0 bridgehead atoms. The van der Waals surface area contributed by atoms with Crippen LogP contribution in [0.2, 0.25) is 5.02 Å².